The molecule has 1 aromatic carbocycles. The Kier molecular flexibility index (Phi) is 4.25. The molecule has 18 heavy (non-hydrogen) atoms. The van der Waals surface area contributed by atoms with E-state index in [1.165, 1.54) is 10.9 Å². The van der Waals surface area contributed by atoms with Crippen LogP contribution in [-0.4, -0.2) is 16.0 Å². The van der Waals surface area contributed by atoms with Gasteiger partial charge in [-0.2, -0.15) is 11.8 Å². The molecule has 0 saturated heterocycles. The van der Waals surface area contributed by atoms with Gasteiger partial charge in [0.05, 0.1) is 5.52 Å². The lowest BCUT2D eigenvalue weighted by molar-refractivity contribution is 0.830. The van der Waals surface area contributed by atoms with Crippen LogP contribution < -0.4 is 5.73 Å². The Morgan fingerprint density at radius 2 is 2.00 bits per heavy atom. The molecule has 0 radical (unpaired) electrons. The topological polar surface area (TPSA) is 38.9 Å². The first-order chi connectivity index (χ1) is 8.56. The summed E-state index contributed by atoms with van der Waals surface area (Å²) >= 11 is 1.90. The summed E-state index contributed by atoms with van der Waals surface area (Å²) in [6.45, 7) is 6.41. The second-order valence-electron chi connectivity index (χ2n) is 4.89. The number of thioether (sulfide) groups is 1. The number of hydrogen-bond acceptors (Lipinski definition) is 3. The summed E-state index contributed by atoms with van der Waals surface area (Å²) in [6.07, 6.45) is 0. The highest BCUT2D eigenvalue weighted by Crippen LogP contribution is 2.22. The first-order valence-electron chi connectivity index (χ1n) is 6.31. The minimum Gasteiger partial charge on any atom is -0.323 e. The molecule has 0 amide bonds. The first kappa shape index (κ1) is 13.4. The van der Waals surface area contributed by atoms with Crippen molar-refractivity contribution in [1.29, 1.82) is 0 Å². The number of pyridine rings is 1. The van der Waals surface area contributed by atoms with Crippen LogP contribution in [0.25, 0.3) is 10.9 Å². The number of hydrogen-bond donors (Lipinski definition) is 1. The third-order valence-electron chi connectivity index (χ3n) is 2.89. The molecular weight excluding hydrogens is 240 g/mol. The summed E-state index contributed by atoms with van der Waals surface area (Å²) in [7, 11) is 0. The SMILES string of the molecule is Cc1ccc2cc(C(N)CSC(C)C)ccc2n1. The number of aryl methyl sites for hydroxylation is 1. The van der Waals surface area contributed by atoms with Crippen LogP contribution in [0.4, 0.5) is 0 Å². The predicted molar refractivity (Wildman–Crippen MR) is 81.0 cm³/mol. The monoisotopic (exact) mass is 260 g/mol. The van der Waals surface area contributed by atoms with Crippen molar-refractivity contribution < 1.29 is 0 Å². The number of benzene rings is 1. The molecule has 0 aliphatic heterocycles. The summed E-state index contributed by atoms with van der Waals surface area (Å²) in [4.78, 5) is 4.50. The predicted octanol–water partition coefficient (Wildman–Crippen LogP) is 3.68. The zero-order valence-corrected chi connectivity index (χ0v) is 12.0. The molecule has 2 aromatic rings. The molecule has 1 aromatic heterocycles. The molecule has 96 valence electrons. The summed E-state index contributed by atoms with van der Waals surface area (Å²) < 4.78 is 0. The Bertz CT molecular complexity index is 537. The Morgan fingerprint density at radius 1 is 1.22 bits per heavy atom. The maximum absolute atomic E-state index is 6.22. The van der Waals surface area contributed by atoms with Crippen molar-refractivity contribution in [2.24, 2.45) is 5.73 Å². The molecule has 0 saturated carbocycles. The molecule has 1 unspecified atom stereocenters. The van der Waals surface area contributed by atoms with Crippen molar-refractivity contribution in [3.8, 4) is 0 Å². The van der Waals surface area contributed by atoms with Gasteiger partial charge in [-0.1, -0.05) is 26.0 Å². The van der Waals surface area contributed by atoms with Crippen molar-refractivity contribution >= 4 is 22.7 Å². The lowest BCUT2D eigenvalue weighted by Crippen LogP contribution is -2.14. The third-order valence-corrected chi connectivity index (χ3v) is 4.11. The number of aromatic nitrogens is 1. The molecule has 0 aliphatic rings. The van der Waals surface area contributed by atoms with Gasteiger partial charge in [-0.15, -0.1) is 0 Å². The van der Waals surface area contributed by atoms with Gasteiger partial charge in [-0.05, 0) is 35.9 Å². The van der Waals surface area contributed by atoms with Crippen molar-refractivity contribution in [2.45, 2.75) is 32.1 Å². The van der Waals surface area contributed by atoms with Crippen LogP contribution in [-0.2, 0) is 0 Å². The summed E-state index contributed by atoms with van der Waals surface area (Å²) in [5.74, 6) is 0.961. The zero-order chi connectivity index (χ0) is 13.1. The molecule has 1 heterocycles. The zero-order valence-electron chi connectivity index (χ0n) is 11.2. The van der Waals surface area contributed by atoms with E-state index < -0.39 is 0 Å². The van der Waals surface area contributed by atoms with Crippen molar-refractivity contribution in [2.75, 3.05) is 5.75 Å². The van der Waals surface area contributed by atoms with Gasteiger partial charge in [-0.3, -0.25) is 4.98 Å². The van der Waals surface area contributed by atoms with E-state index in [2.05, 4.69) is 43.1 Å². The maximum atomic E-state index is 6.22. The molecule has 1 atom stereocenters. The quantitative estimate of drug-likeness (QED) is 0.911. The van der Waals surface area contributed by atoms with Gasteiger partial charge < -0.3 is 5.73 Å². The minimum atomic E-state index is 0.100. The van der Waals surface area contributed by atoms with Gasteiger partial charge in [0, 0.05) is 22.9 Å². The van der Waals surface area contributed by atoms with Crippen LogP contribution >= 0.6 is 11.8 Å². The Morgan fingerprint density at radius 3 is 2.72 bits per heavy atom. The first-order valence-corrected chi connectivity index (χ1v) is 7.35. The normalized spacial score (nSPS) is 13.2. The maximum Gasteiger partial charge on any atom is 0.0705 e. The fourth-order valence-corrected chi connectivity index (χ4v) is 2.65. The Balaban J connectivity index is 2.21. The largest absolute Gasteiger partial charge is 0.323 e. The smallest absolute Gasteiger partial charge is 0.0705 e. The van der Waals surface area contributed by atoms with Gasteiger partial charge in [0.2, 0.25) is 0 Å². The average Bonchev–Trinajstić information content (AvgIpc) is 2.35. The van der Waals surface area contributed by atoms with E-state index in [0.29, 0.717) is 5.25 Å². The van der Waals surface area contributed by atoms with Crippen molar-refractivity contribution in [3.05, 3.63) is 41.6 Å². The number of rotatable bonds is 4. The average molecular weight is 260 g/mol. The van der Waals surface area contributed by atoms with Crippen LogP contribution in [0.2, 0.25) is 0 Å². The van der Waals surface area contributed by atoms with E-state index in [1.54, 1.807) is 0 Å². The molecule has 0 aliphatic carbocycles. The molecule has 0 bridgehead atoms. The highest BCUT2D eigenvalue weighted by Gasteiger charge is 2.08. The van der Waals surface area contributed by atoms with Gasteiger partial charge in [0.25, 0.3) is 0 Å². The van der Waals surface area contributed by atoms with Gasteiger partial charge in [0.15, 0.2) is 0 Å². The lowest BCUT2D eigenvalue weighted by Gasteiger charge is -2.14. The fraction of sp³-hybridized carbons (Fsp3) is 0.400. The third kappa shape index (κ3) is 3.24. The van der Waals surface area contributed by atoms with Crippen LogP contribution in [0, 0.1) is 6.92 Å². The highest BCUT2D eigenvalue weighted by molar-refractivity contribution is 7.99. The lowest BCUT2D eigenvalue weighted by atomic mass is 10.1. The van der Waals surface area contributed by atoms with Gasteiger partial charge >= 0.3 is 0 Å². The number of nitrogens with zero attached hydrogens (tertiary/aromatic N) is 1. The standard InChI is InChI=1S/C15H20N2S/c1-10(2)18-9-14(16)12-6-7-15-13(8-12)5-4-11(3)17-15/h4-8,10,14H,9,16H2,1-3H3. The summed E-state index contributed by atoms with van der Waals surface area (Å²) in [5.41, 5.74) is 9.51. The van der Waals surface area contributed by atoms with Crippen molar-refractivity contribution in [1.82, 2.24) is 4.98 Å². The van der Waals surface area contributed by atoms with Gasteiger partial charge in [-0.25, -0.2) is 0 Å². The summed E-state index contributed by atoms with van der Waals surface area (Å²) in [5, 5.41) is 1.80. The molecule has 2 N–H and O–H groups in total. The fourth-order valence-electron chi connectivity index (χ4n) is 1.87. The minimum absolute atomic E-state index is 0.100. The van der Waals surface area contributed by atoms with Crippen molar-refractivity contribution in [3.63, 3.8) is 0 Å². The number of fused-ring (bicyclic) bond motifs is 1. The molecule has 3 heteroatoms. The van der Waals surface area contributed by atoms with Crippen LogP contribution in [0.15, 0.2) is 30.3 Å². The second-order valence-corrected chi connectivity index (χ2v) is 6.50. The van der Waals surface area contributed by atoms with E-state index in [1.807, 2.05) is 24.8 Å². The number of nitrogens with two attached hydrogens (primary N) is 1. The highest BCUT2D eigenvalue weighted by atomic mass is 32.2. The van der Waals surface area contributed by atoms with Crippen LogP contribution in [0.1, 0.15) is 31.1 Å². The van der Waals surface area contributed by atoms with E-state index in [9.17, 15) is 0 Å². The second kappa shape index (κ2) is 5.72. The molecule has 2 rings (SSSR count). The molecular formula is C15H20N2S. The van der Waals surface area contributed by atoms with E-state index in [4.69, 9.17) is 5.73 Å². The van der Waals surface area contributed by atoms with Crippen LogP contribution in [0.3, 0.4) is 0 Å². The van der Waals surface area contributed by atoms with E-state index in [0.717, 1.165) is 17.0 Å². The Hall–Kier alpha value is -1.06. The van der Waals surface area contributed by atoms with Crippen LogP contribution in [0.5, 0.6) is 0 Å². The summed E-state index contributed by atoms with van der Waals surface area (Å²) in [6, 6.07) is 10.6. The molecule has 0 fully saturated rings. The van der Waals surface area contributed by atoms with E-state index in [-0.39, 0.29) is 6.04 Å². The molecule has 0 spiro atoms. The van der Waals surface area contributed by atoms with E-state index >= 15 is 0 Å². The molecule has 2 nitrogen and oxygen atoms in total. The Labute approximate surface area is 113 Å². The van der Waals surface area contributed by atoms with Gasteiger partial charge in [0.1, 0.15) is 0 Å².